The zero-order valence-corrected chi connectivity index (χ0v) is 10.2. The van der Waals surface area contributed by atoms with Crippen molar-refractivity contribution < 1.29 is 13.2 Å². The lowest BCUT2D eigenvalue weighted by Crippen LogP contribution is -2.08. The summed E-state index contributed by atoms with van der Waals surface area (Å²) in [4.78, 5) is 7.49. The van der Waals surface area contributed by atoms with Crippen LogP contribution >= 0.6 is 0 Å². The molecule has 0 aliphatic heterocycles. The molecule has 2 heterocycles. The summed E-state index contributed by atoms with van der Waals surface area (Å²) in [6.07, 6.45) is -1.76. The molecule has 0 fully saturated rings. The molecule has 0 amide bonds. The van der Waals surface area contributed by atoms with Gasteiger partial charge in [-0.1, -0.05) is 6.07 Å². The van der Waals surface area contributed by atoms with Crippen LogP contribution in [-0.4, -0.2) is 9.97 Å². The van der Waals surface area contributed by atoms with E-state index in [-0.39, 0.29) is 0 Å². The van der Waals surface area contributed by atoms with Crippen molar-refractivity contribution >= 4 is 0 Å². The summed E-state index contributed by atoms with van der Waals surface area (Å²) >= 11 is 0. The van der Waals surface area contributed by atoms with Crippen LogP contribution in [0.4, 0.5) is 13.2 Å². The van der Waals surface area contributed by atoms with Crippen molar-refractivity contribution in [1.29, 1.82) is 0 Å². The van der Waals surface area contributed by atoms with Crippen LogP contribution in [0.3, 0.4) is 0 Å². The van der Waals surface area contributed by atoms with Crippen LogP contribution in [0.25, 0.3) is 11.3 Å². The van der Waals surface area contributed by atoms with Crippen LogP contribution in [0, 0.1) is 6.92 Å². The first kappa shape index (κ1) is 13.5. The molecule has 3 nitrogen and oxygen atoms in total. The minimum atomic E-state index is -4.46. The third kappa shape index (κ3) is 2.90. The molecule has 6 heteroatoms. The number of alkyl halides is 3. The normalized spacial score (nSPS) is 11.6. The number of nitrogens with two attached hydrogens (primary N) is 1. The van der Waals surface area contributed by atoms with Crippen LogP contribution in [0.15, 0.2) is 30.6 Å². The van der Waals surface area contributed by atoms with Crippen molar-refractivity contribution in [2.75, 3.05) is 0 Å². The molecule has 2 aromatic heterocycles. The van der Waals surface area contributed by atoms with Crippen molar-refractivity contribution in [2.45, 2.75) is 19.6 Å². The number of aromatic nitrogens is 2. The van der Waals surface area contributed by atoms with Gasteiger partial charge in [-0.3, -0.25) is 9.97 Å². The Kier molecular flexibility index (Phi) is 3.53. The van der Waals surface area contributed by atoms with E-state index in [1.807, 2.05) is 6.07 Å². The van der Waals surface area contributed by atoms with E-state index in [9.17, 15) is 13.2 Å². The lowest BCUT2D eigenvalue weighted by atomic mass is 10.1. The van der Waals surface area contributed by atoms with Gasteiger partial charge in [0.15, 0.2) is 0 Å². The van der Waals surface area contributed by atoms with Gasteiger partial charge in [0.25, 0.3) is 0 Å². The summed E-state index contributed by atoms with van der Waals surface area (Å²) in [5.74, 6) is 0. The summed E-state index contributed by atoms with van der Waals surface area (Å²) < 4.78 is 37.8. The molecule has 0 saturated carbocycles. The standard InChI is InChI=1S/C13H12F3N3/c1-8-4-9(6-17)7-19-12(8)10-2-3-18-11(5-10)13(14,15)16/h2-5,7H,6,17H2,1H3. The largest absolute Gasteiger partial charge is 0.433 e. The molecule has 0 bridgehead atoms. The van der Waals surface area contributed by atoms with Gasteiger partial charge in [-0.25, -0.2) is 0 Å². The third-order valence-corrected chi connectivity index (χ3v) is 2.69. The van der Waals surface area contributed by atoms with E-state index in [1.165, 1.54) is 6.07 Å². The maximum Gasteiger partial charge on any atom is 0.433 e. The summed E-state index contributed by atoms with van der Waals surface area (Å²) in [6, 6.07) is 4.32. The quantitative estimate of drug-likeness (QED) is 0.910. The fourth-order valence-electron chi connectivity index (χ4n) is 1.78. The van der Waals surface area contributed by atoms with Crippen molar-refractivity contribution in [1.82, 2.24) is 9.97 Å². The Morgan fingerprint density at radius 2 is 1.95 bits per heavy atom. The van der Waals surface area contributed by atoms with E-state index >= 15 is 0 Å². The van der Waals surface area contributed by atoms with Crippen LogP contribution in [0.5, 0.6) is 0 Å². The smallest absolute Gasteiger partial charge is 0.326 e. The van der Waals surface area contributed by atoms with Gasteiger partial charge in [-0.05, 0) is 30.2 Å². The van der Waals surface area contributed by atoms with Crippen molar-refractivity contribution in [3.05, 3.63) is 47.4 Å². The van der Waals surface area contributed by atoms with Crippen LogP contribution < -0.4 is 5.73 Å². The van der Waals surface area contributed by atoms with Crippen molar-refractivity contribution in [3.8, 4) is 11.3 Å². The molecule has 0 aliphatic rings. The number of rotatable bonds is 2. The molecule has 2 rings (SSSR count). The molecule has 2 aromatic rings. The summed E-state index contributed by atoms with van der Waals surface area (Å²) in [7, 11) is 0. The highest BCUT2D eigenvalue weighted by molar-refractivity contribution is 5.63. The number of hydrogen-bond donors (Lipinski definition) is 1. The Morgan fingerprint density at radius 1 is 1.21 bits per heavy atom. The summed E-state index contributed by atoms with van der Waals surface area (Å²) in [5, 5.41) is 0. The molecule has 0 aliphatic carbocycles. The van der Waals surface area contributed by atoms with Crippen molar-refractivity contribution in [3.63, 3.8) is 0 Å². The first-order valence-electron chi connectivity index (χ1n) is 5.61. The lowest BCUT2D eigenvalue weighted by Gasteiger charge is -2.09. The zero-order valence-electron chi connectivity index (χ0n) is 10.2. The Balaban J connectivity index is 2.48. The minimum absolute atomic E-state index is 0.346. The van der Waals surface area contributed by atoms with E-state index in [1.54, 1.807) is 13.1 Å². The van der Waals surface area contributed by atoms with E-state index in [4.69, 9.17) is 5.73 Å². The van der Waals surface area contributed by atoms with Crippen LogP contribution in [0.1, 0.15) is 16.8 Å². The lowest BCUT2D eigenvalue weighted by molar-refractivity contribution is -0.141. The molecular weight excluding hydrogens is 255 g/mol. The van der Waals surface area contributed by atoms with Gasteiger partial charge in [0.05, 0.1) is 5.69 Å². The number of halogens is 3. The second-order valence-electron chi connectivity index (χ2n) is 4.14. The monoisotopic (exact) mass is 267 g/mol. The van der Waals surface area contributed by atoms with Gasteiger partial charge < -0.3 is 5.73 Å². The summed E-state index contributed by atoms with van der Waals surface area (Å²) in [6.45, 7) is 2.13. The fourth-order valence-corrected chi connectivity index (χ4v) is 1.78. The predicted molar refractivity (Wildman–Crippen MR) is 65.1 cm³/mol. The Labute approximate surface area is 108 Å². The highest BCUT2D eigenvalue weighted by Gasteiger charge is 2.32. The SMILES string of the molecule is Cc1cc(CN)cnc1-c1ccnc(C(F)(F)F)c1. The second-order valence-corrected chi connectivity index (χ2v) is 4.14. The molecule has 0 atom stereocenters. The molecule has 0 spiro atoms. The number of nitrogens with zero attached hydrogens (tertiary/aromatic N) is 2. The van der Waals surface area contributed by atoms with Crippen LogP contribution in [0.2, 0.25) is 0 Å². The highest BCUT2D eigenvalue weighted by Crippen LogP contribution is 2.30. The van der Waals surface area contributed by atoms with E-state index in [0.717, 1.165) is 23.4 Å². The van der Waals surface area contributed by atoms with Gasteiger partial charge in [0.2, 0.25) is 0 Å². The molecule has 100 valence electrons. The Hall–Kier alpha value is -1.95. The van der Waals surface area contributed by atoms with Gasteiger partial charge >= 0.3 is 6.18 Å². The second kappa shape index (κ2) is 4.97. The zero-order chi connectivity index (χ0) is 14.0. The van der Waals surface area contributed by atoms with Gasteiger partial charge in [0, 0.05) is 24.5 Å². The first-order chi connectivity index (χ1) is 8.91. The Bertz CT molecular complexity index is 594. The maximum atomic E-state index is 12.6. The average molecular weight is 267 g/mol. The van der Waals surface area contributed by atoms with E-state index < -0.39 is 11.9 Å². The van der Waals surface area contributed by atoms with E-state index in [2.05, 4.69) is 9.97 Å². The maximum absolute atomic E-state index is 12.6. The van der Waals surface area contributed by atoms with E-state index in [0.29, 0.717) is 17.8 Å². The average Bonchev–Trinajstić information content (AvgIpc) is 2.37. The Morgan fingerprint density at radius 3 is 2.53 bits per heavy atom. The third-order valence-electron chi connectivity index (χ3n) is 2.69. The number of pyridine rings is 2. The molecule has 0 aromatic carbocycles. The van der Waals surface area contributed by atoms with Crippen LogP contribution in [-0.2, 0) is 12.7 Å². The van der Waals surface area contributed by atoms with Crippen molar-refractivity contribution in [2.24, 2.45) is 5.73 Å². The molecular formula is C13H12F3N3. The number of aryl methyl sites for hydroxylation is 1. The molecule has 0 radical (unpaired) electrons. The fraction of sp³-hybridized carbons (Fsp3) is 0.231. The van der Waals surface area contributed by atoms with Gasteiger partial charge in [0.1, 0.15) is 5.69 Å². The summed E-state index contributed by atoms with van der Waals surface area (Å²) in [5.41, 5.74) is 7.08. The van der Waals surface area contributed by atoms with Gasteiger partial charge in [-0.2, -0.15) is 13.2 Å². The highest BCUT2D eigenvalue weighted by atomic mass is 19.4. The predicted octanol–water partition coefficient (Wildman–Crippen LogP) is 2.93. The first-order valence-corrected chi connectivity index (χ1v) is 5.61. The minimum Gasteiger partial charge on any atom is -0.326 e. The molecule has 19 heavy (non-hydrogen) atoms. The topological polar surface area (TPSA) is 51.8 Å². The van der Waals surface area contributed by atoms with Gasteiger partial charge in [-0.15, -0.1) is 0 Å². The molecule has 0 saturated heterocycles. The molecule has 0 unspecified atom stereocenters. The molecule has 2 N–H and O–H groups in total. The number of hydrogen-bond acceptors (Lipinski definition) is 3.